The summed E-state index contributed by atoms with van der Waals surface area (Å²) < 4.78 is 3.70. The average molecular weight is 378 g/mol. The lowest BCUT2D eigenvalue weighted by Gasteiger charge is -2.23. The van der Waals surface area contributed by atoms with E-state index < -0.39 is 6.10 Å². The topological polar surface area (TPSA) is 72.9 Å². The number of aryl methyl sites for hydroxylation is 2. The molecule has 1 fully saturated rings. The Labute approximate surface area is 164 Å². The third-order valence-electron chi connectivity index (χ3n) is 5.47. The van der Waals surface area contributed by atoms with Crippen molar-refractivity contribution >= 4 is 0 Å². The summed E-state index contributed by atoms with van der Waals surface area (Å²) in [6.07, 6.45) is 7.38. The monoisotopic (exact) mass is 378 g/mol. The van der Waals surface area contributed by atoms with Crippen LogP contribution in [0.2, 0.25) is 0 Å². The van der Waals surface area contributed by atoms with E-state index in [0.29, 0.717) is 24.8 Å². The first-order chi connectivity index (χ1) is 13.7. The molecule has 1 aliphatic rings. The smallest absolute Gasteiger partial charge is 0.250 e. The van der Waals surface area contributed by atoms with Crippen molar-refractivity contribution in [3.63, 3.8) is 0 Å². The summed E-state index contributed by atoms with van der Waals surface area (Å²) >= 11 is 0. The second-order valence-corrected chi connectivity index (χ2v) is 7.42. The van der Waals surface area contributed by atoms with E-state index in [9.17, 15) is 9.90 Å². The van der Waals surface area contributed by atoms with Crippen molar-refractivity contribution < 1.29 is 5.11 Å². The first kappa shape index (κ1) is 18.6. The van der Waals surface area contributed by atoms with Crippen LogP contribution in [0.4, 0.5) is 0 Å². The number of rotatable bonds is 6. The predicted molar refractivity (Wildman–Crippen MR) is 107 cm³/mol. The van der Waals surface area contributed by atoms with Crippen LogP contribution in [0.5, 0.6) is 0 Å². The highest BCUT2D eigenvalue weighted by atomic mass is 16.3. The fourth-order valence-electron chi connectivity index (χ4n) is 3.93. The molecule has 4 rings (SSSR count). The number of aliphatic hydroxyl groups is 1. The van der Waals surface area contributed by atoms with Crippen molar-refractivity contribution in [1.29, 1.82) is 0 Å². The molecule has 1 N–H and O–H groups in total. The molecular formula is C22H26N4O2. The van der Waals surface area contributed by atoms with Crippen LogP contribution >= 0.6 is 0 Å². The Bertz CT molecular complexity index is 958. The molecule has 6 nitrogen and oxygen atoms in total. The molecule has 1 aliphatic carbocycles. The maximum Gasteiger partial charge on any atom is 0.250 e. The van der Waals surface area contributed by atoms with E-state index in [2.05, 4.69) is 0 Å². The molecule has 1 saturated carbocycles. The summed E-state index contributed by atoms with van der Waals surface area (Å²) in [6.45, 7) is 0.548. The van der Waals surface area contributed by atoms with Crippen LogP contribution in [0.3, 0.4) is 0 Å². The second kappa shape index (κ2) is 8.52. The number of pyridine rings is 1. The van der Waals surface area contributed by atoms with Crippen LogP contribution in [-0.2, 0) is 13.0 Å². The van der Waals surface area contributed by atoms with Crippen molar-refractivity contribution in [2.75, 3.05) is 0 Å². The van der Waals surface area contributed by atoms with Crippen molar-refractivity contribution in [3.8, 4) is 0 Å². The van der Waals surface area contributed by atoms with Gasteiger partial charge in [-0.2, -0.15) is 5.10 Å². The van der Waals surface area contributed by atoms with E-state index in [4.69, 9.17) is 10.1 Å². The Hall–Kier alpha value is -2.73. The van der Waals surface area contributed by atoms with Gasteiger partial charge in [0, 0.05) is 25.2 Å². The maximum atomic E-state index is 12.0. The molecule has 2 heterocycles. The van der Waals surface area contributed by atoms with Gasteiger partial charge in [-0.3, -0.25) is 4.79 Å². The van der Waals surface area contributed by atoms with Crippen LogP contribution in [0, 0.1) is 0 Å². The Morgan fingerprint density at radius 3 is 2.54 bits per heavy atom. The summed E-state index contributed by atoms with van der Waals surface area (Å²) in [5.41, 5.74) is 0.768. The van der Waals surface area contributed by atoms with Gasteiger partial charge < -0.3 is 9.67 Å². The molecule has 0 unspecified atom stereocenters. The number of benzene rings is 1. The predicted octanol–water partition coefficient (Wildman–Crippen LogP) is 3.27. The van der Waals surface area contributed by atoms with Gasteiger partial charge in [-0.15, -0.1) is 0 Å². The molecule has 0 spiro atoms. The molecule has 0 amide bonds. The van der Waals surface area contributed by atoms with E-state index in [1.807, 2.05) is 41.1 Å². The van der Waals surface area contributed by atoms with E-state index >= 15 is 0 Å². The third kappa shape index (κ3) is 4.07. The van der Waals surface area contributed by atoms with E-state index in [1.165, 1.54) is 19.3 Å². The Kier molecular flexibility index (Phi) is 5.67. The second-order valence-electron chi connectivity index (χ2n) is 7.42. The van der Waals surface area contributed by atoms with Gasteiger partial charge >= 0.3 is 0 Å². The number of hydrogen-bond acceptors (Lipinski definition) is 4. The number of nitrogens with zero attached hydrogens (tertiary/aromatic N) is 4. The van der Waals surface area contributed by atoms with Crippen molar-refractivity contribution in [1.82, 2.24) is 19.3 Å². The fraction of sp³-hybridized carbons (Fsp3) is 0.409. The molecule has 0 aliphatic heterocycles. The lowest BCUT2D eigenvalue weighted by Crippen LogP contribution is -2.22. The van der Waals surface area contributed by atoms with Gasteiger partial charge in [0.15, 0.2) is 5.82 Å². The minimum absolute atomic E-state index is 0.0178. The van der Waals surface area contributed by atoms with Crippen LogP contribution < -0.4 is 5.56 Å². The standard InChI is InChI=1S/C22H26N4O2/c27-20-13-7-8-15-25(20)16-14-19-23-22(21(28)17-9-3-1-4-10-17)24-26(19)18-11-5-2-6-12-18/h1,3-4,7-10,13,15,18,21,28H,2,5-6,11-12,14,16H2/t21-/m0/s1. The Morgan fingerprint density at radius 1 is 1.04 bits per heavy atom. The van der Waals surface area contributed by atoms with Gasteiger partial charge in [-0.25, -0.2) is 9.67 Å². The number of aromatic nitrogens is 4. The highest BCUT2D eigenvalue weighted by Crippen LogP contribution is 2.30. The molecule has 1 atom stereocenters. The zero-order chi connectivity index (χ0) is 19.3. The van der Waals surface area contributed by atoms with Crippen LogP contribution in [0.25, 0.3) is 0 Å². The minimum atomic E-state index is -0.843. The number of hydrogen-bond donors (Lipinski definition) is 1. The highest BCUT2D eigenvalue weighted by Gasteiger charge is 2.24. The largest absolute Gasteiger partial charge is 0.380 e. The summed E-state index contributed by atoms with van der Waals surface area (Å²) in [5.74, 6) is 1.28. The Morgan fingerprint density at radius 2 is 1.79 bits per heavy atom. The molecule has 0 radical (unpaired) electrons. The number of aliphatic hydroxyl groups excluding tert-OH is 1. The fourth-order valence-corrected chi connectivity index (χ4v) is 3.93. The molecule has 28 heavy (non-hydrogen) atoms. The van der Waals surface area contributed by atoms with Crippen molar-refractivity contribution in [2.45, 2.75) is 57.2 Å². The zero-order valence-electron chi connectivity index (χ0n) is 15.9. The zero-order valence-corrected chi connectivity index (χ0v) is 15.9. The molecule has 0 bridgehead atoms. The lowest BCUT2D eigenvalue weighted by molar-refractivity contribution is 0.208. The van der Waals surface area contributed by atoms with Gasteiger partial charge in [0.25, 0.3) is 5.56 Å². The van der Waals surface area contributed by atoms with Gasteiger partial charge in [0.1, 0.15) is 11.9 Å². The molecule has 146 valence electrons. The molecule has 1 aromatic carbocycles. The van der Waals surface area contributed by atoms with Gasteiger partial charge in [0.2, 0.25) is 0 Å². The van der Waals surface area contributed by atoms with E-state index in [-0.39, 0.29) is 5.56 Å². The van der Waals surface area contributed by atoms with Gasteiger partial charge in [-0.1, -0.05) is 55.7 Å². The SMILES string of the molecule is O=c1ccccn1CCc1nc([C@@H](O)c2ccccc2)nn1C1CCCCC1. The molecule has 2 aromatic heterocycles. The quantitative estimate of drug-likeness (QED) is 0.714. The molecule has 6 heteroatoms. The normalized spacial score (nSPS) is 16.2. The Balaban J connectivity index is 1.62. The third-order valence-corrected chi connectivity index (χ3v) is 5.47. The van der Waals surface area contributed by atoms with E-state index in [1.54, 1.807) is 22.9 Å². The van der Waals surface area contributed by atoms with Gasteiger partial charge in [0.05, 0.1) is 6.04 Å². The average Bonchev–Trinajstić information content (AvgIpc) is 3.18. The first-order valence-electron chi connectivity index (χ1n) is 10.1. The first-order valence-corrected chi connectivity index (χ1v) is 10.1. The summed E-state index contributed by atoms with van der Waals surface area (Å²) in [4.78, 5) is 16.7. The summed E-state index contributed by atoms with van der Waals surface area (Å²) in [5, 5.41) is 15.5. The molecular weight excluding hydrogens is 352 g/mol. The maximum absolute atomic E-state index is 12.0. The van der Waals surface area contributed by atoms with Crippen LogP contribution in [0.1, 0.15) is 61.5 Å². The van der Waals surface area contributed by atoms with Crippen molar-refractivity contribution in [2.24, 2.45) is 0 Å². The lowest BCUT2D eigenvalue weighted by atomic mass is 9.95. The summed E-state index contributed by atoms with van der Waals surface area (Å²) in [7, 11) is 0. The minimum Gasteiger partial charge on any atom is -0.380 e. The summed E-state index contributed by atoms with van der Waals surface area (Å²) in [6, 6.07) is 15.0. The van der Waals surface area contributed by atoms with E-state index in [0.717, 1.165) is 24.2 Å². The molecule has 0 saturated heterocycles. The van der Waals surface area contributed by atoms with Crippen molar-refractivity contribution in [3.05, 3.63) is 82.3 Å². The highest BCUT2D eigenvalue weighted by molar-refractivity contribution is 5.22. The van der Waals surface area contributed by atoms with Gasteiger partial charge in [-0.05, 0) is 24.5 Å². The van der Waals surface area contributed by atoms with Crippen LogP contribution in [0.15, 0.2) is 59.5 Å². The van der Waals surface area contributed by atoms with Crippen LogP contribution in [-0.4, -0.2) is 24.4 Å². The molecule has 3 aromatic rings.